The van der Waals surface area contributed by atoms with Crippen LogP contribution in [-0.4, -0.2) is 16.5 Å². The van der Waals surface area contributed by atoms with E-state index in [2.05, 4.69) is 4.98 Å². The van der Waals surface area contributed by atoms with Crippen LogP contribution in [0.25, 0.3) is 10.9 Å². The number of aromatic nitrogens is 1. The van der Waals surface area contributed by atoms with Crippen LogP contribution in [-0.2, 0) is 6.42 Å². The number of rotatable bonds is 5. The van der Waals surface area contributed by atoms with E-state index in [9.17, 15) is 10.1 Å². The maximum atomic E-state index is 10.9. The van der Waals surface area contributed by atoms with Crippen molar-refractivity contribution in [3.63, 3.8) is 0 Å². The summed E-state index contributed by atoms with van der Waals surface area (Å²) >= 11 is 1.56. The molecule has 3 rings (SSSR count). The van der Waals surface area contributed by atoms with E-state index >= 15 is 0 Å². The van der Waals surface area contributed by atoms with Crippen molar-refractivity contribution in [1.82, 2.24) is 4.98 Å². The maximum Gasteiger partial charge on any atom is 0.211 e. The van der Waals surface area contributed by atoms with Gasteiger partial charge in [0.15, 0.2) is 0 Å². The van der Waals surface area contributed by atoms with Crippen molar-refractivity contribution < 1.29 is 4.92 Å². The Kier molecular flexibility index (Phi) is 3.92. The summed E-state index contributed by atoms with van der Waals surface area (Å²) in [6.45, 7) is -0.0605. The second-order valence-corrected chi connectivity index (χ2v) is 5.91. The summed E-state index contributed by atoms with van der Waals surface area (Å²) in [6.07, 6.45) is 0.590. The zero-order valence-corrected chi connectivity index (χ0v) is 12.1. The fraction of sp³-hybridized carbons (Fsp3) is 0.188. The lowest BCUT2D eigenvalue weighted by Gasteiger charge is -2.11. The summed E-state index contributed by atoms with van der Waals surface area (Å²) in [4.78, 5) is 16.3. The van der Waals surface area contributed by atoms with Gasteiger partial charge in [-0.2, -0.15) is 0 Å². The molecule has 0 aliphatic rings. The number of pyridine rings is 1. The lowest BCUT2D eigenvalue weighted by molar-refractivity contribution is -0.483. The molecule has 1 aromatic carbocycles. The minimum absolute atomic E-state index is 0.0605. The van der Waals surface area contributed by atoms with Gasteiger partial charge < -0.3 is 0 Å². The highest BCUT2D eigenvalue weighted by Crippen LogP contribution is 2.25. The van der Waals surface area contributed by atoms with Crippen molar-refractivity contribution >= 4 is 22.2 Å². The SMILES string of the molecule is O=[N+]([O-])CC(Cc1ccc2ccccc2n1)c1cccs1. The van der Waals surface area contributed by atoms with E-state index in [1.807, 2.05) is 53.9 Å². The molecule has 0 fully saturated rings. The van der Waals surface area contributed by atoms with Crippen molar-refractivity contribution in [3.8, 4) is 0 Å². The number of para-hydroxylation sites is 1. The van der Waals surface area contributed by atoms with Crippen LogP contribution in [0.1, 0.15) is 16.5 Å². The predicted octanol–water partition coefficient (Wildman–Crippen LogP) is 3.90. The average Bonchev–Trinajstić information content (AvgIpc) is 3.00. The quantitative estimate of drug-likeness (QED) is 0.530. The molecule has 2 aromatic heterocycles. The molecule has 4 nitrogen and oxygen atoms in total. The number of thiophene rings is 1. The minimum atomic E-state index is -0.245. The highest BCUT2D eigenvalue weighted by molar-refractivity contribution is 7.10. The smallest absolute Gasteiger partial charge is 0.211 e. The Morgan fingerprint density at radius 1 is 1.14 bits per heavy atom. The van der Waals surface area contributed by atoms with Crippen molar-refractivity contribution in [1.29, 1.82) is 0 Å². The van der Waals surface area contributed by atoms with Crippen LogP contribution in [0, 0.1) is 10.1 Å². The molecule has 0 saturated heterocycles. The van der Waals surface area contributed by atoms with Crippen molar-refractivity contribution in [3.05, 3.63) is 74.6 Å². The fourth-order valence-corrected chi connectivity index (χ4v) is 3.25. The molecule has 0 spiro atoms. The molecule has 5 heteroatoms. The Morgan fingerprint density at radius 2 is 2.00 bits per heavy atom. The summed E-state index contributed by atoms with van der Waals surface area (Å²) in [5.74, 6) is -0.117. The van der Waals surface area contributed by atoms with E-state index in [0.717, 1.165) is 21.5 Å². The van der Waals surface area contributed by atoms with Crippen LogP contribution in [0.2, 0.25) is 0 Å². The second kappa shape index (κ2) is 6.01. The second-order valence-electron chi connectivity index (χ2n) is 4.93. The summed E-state index contributed by atoms with van der Waals surface area (Å²) in [5, 5.41) is 13.9. The minimum Gasteiger partial charge on any atom is -0.265 e. The number of nitro groups is 1. The molecule has 1 atom stereocenters. The van der Waals surface area contributed by atoms with Gasteiger partial charge in [-0.15, -0.1) is 11.3 Å². The Labute approximate surface area is 126 Å². The normalized spacial score (nSPS) is 12.4. The van der Waals surface area contributed by atoms with Crippen molar-refractivity contribution in [2.24, 2.45) is 0 Å². The third kappa shape index (κ3) is 3.25. The van der Waals surface area contributed by atoms with Gasteiger partial charge in [0.25, 0.3) is 0 Å². The molecule has 2 heterocycles. The molecule has 3 aromatic rings. The number of nitrogens with zero attached hydrogens (tertiary/aromatic N) is 2. The van der Waals surface area contributed by atoms with E-state index in [4.69, 9.17) is 0 Å². The predicted molar refractivity (Wildman–Crippen MR) is 84.4 cm³/mol. The van der Waals surface area contributed by atoms with Crippen LogP contribution in [0.5, 0.6) is 0 Å². The molecule has 0 aliphatic carbocycles. The molecule has 0 radical (unpaired) electrons. The zero-order chi connectivity index (χ0) is 14.7. The number of hydrogen-bond donors (Lipinski definition) is 0. The molecule has 106 valence electrons. The van der Waals surface area contributed by atoms with Gasteiger partial charge in [0.2, 0.25) is 6.54 Å². The summed E-state index contributed by atoms with van der Waals surface area (Å²) < 4.78 is 0. The van der Waals surface area contributed by atoms with Gasteiger partial charge >= 0.3 is 0 Å². The molecular formula is C16H14N2O2S. The van der Waals surface area contributed by atoms with Gasteiger partial charge in [0, 0.05) is 27.3 Å². The Morgan fingerprint density at radius 3 is 2.76 bits per heavy atom. The van der Waals surface area contributed by atoms with E-state index < -0.39 is 0 Å². The molecule has 0 aliphatic heterocycles. The van der Waals surface area contributed by atoms with Gasteiger partial charge in [-0.05, 0) is 23.6 Å². The van der Waals surface area contributed by atoms with Gasteiger partial charge in [-0.25, -0.2) is 0 Å². The number of benzene rings is 1. The Hall–Kier alpha value is -2.27. The van der Waals surface area contributed by atoms with E-state index in [0.29, 0.717) is 6.42 Å². The van der Waals surface area contributed by atoms with Crippen LogP contribution in [0.15, 0.2) is 53.9 Å². The lowest BCUT2D eigenvalue weighted by Crippen LogP contribution is -2.14. The average molecular weight is 298 g/mol. The standard InChI is InChI=1S/C16H14N2O2S/c19-18(20)11-13(16-6-3-9-21-16)10-14-8-7-12-4-1-2-5-15(12)17-14/h1-9,13H,10-11H2. The molecule has 0 bridgehead atoms. The summed E-state index contributed by atoms with van der Waals surface area (Å²) in [6, 6.07) is 15.8. The van der Waals surface area contributed by atoms with Crippen molar-refractivity contribution in [2.75, 3.05) is 6.54 Å². The molecular weight excluding hydrogens is 284 g/mol. The Bertz CT molecular complexity index is 756. The van der Waals surface area contributed by atoms with Crippen LogP contribution >= 0.6 is 11.3 Å². The van der Waals surface area contributed by atoms with Gasteiger partial charge in [0.05, 0.1) is 11.4 Å². The highest BCUT2D eigenvalue weighted by atomic mass is 32.1. The Balaban J connectivity index is 1.88. The largest absolute Gasteiger partial charge is 0.265 e. The van der Waals surface area contributed by atoms with Gasteiger partial charge in [0.1, 0.15) is 0 Å². The first-order valence-corrected chi connectivity index (χ1v) is 7.60. The third-order valence-electron chi connectivity index (χ3n) is 3.43. The summed E-state index contributed by atoms with van der Waals surface area (Å²) in [7, 11) is 0. The topological polar surface area (TPSA) is 56.0 Å². The maximum absolute atomic E-state index is 10.9. The van der Waals surface area contributed by atoms with Crippen molar-refractivity contribution in [2.45, 2.75) is 12.3 Å². The van der Waals surface area contributed by atoms with Crippen LogP contribution in [0.3, 0.4) is 0 Å². The zero-order valence-electron chi connectivity index (χ0n) is 11.3. The van der Waals surface area contributed by atoms with Gasteiger partial charge in [-0.1, -0.05) is 30.3 Å². The monoisotopic (exact) mass is 298 g/mol. The molecule has 0 N–H and O–H groups in total. The highest BCUT2D eigenvalue weighted by Gasteiger charge is 2.20. The number of hydrogen-bond acceptors (Lipinski definition) is 4. The first-order valence-electron chi connectivity index (χ1n) is 6.72. The third-order valence-corrected chi connectivity index (χ3v) is 4.46. The van der Waals surface area contributed by atoms with E-state index in [1.54, 1.807) is 11.3 Å². The van der Waals surface area contributed by atoms with Crippen LogP contribution in [0.4, 0.5) is 0 Å². The molecule has 21 heavy (non-hydrogen) atoms. The van der Waals surface area contributed by atoms with Gasteiger partial charge in [-0.3, -0.25) is 15.1 Å². The fourth-order valence-electron chi connectivity index (χ4n) is 2.43. The lowest BCUT2D eigenvalue weighted by atomic mass is 10.0. The summed E-state index contributed by atoms with van der Waals surface area (Å²) in [5.41, 5.74) is 1.83. The number of fused-ring (bicyclic) bond motifs is 1. The first kappa shape index (κ1) is 13.7. The molecule has 1 unspecified atom stereocenters. The first-order chi connectivity index (χ1) is 10.2. The molecule has 0 amide bonds. The molecule has 0 saturated carbocycles. The van der Waals surface area contributed by atoms with Crippen LogP contribution < -0.4 is 0 Å². The van der Waals surface area contributed by atoms with E-state index in [-0.39, 0.29) is 17.4 Å². The van der Waals surface area contributed by atoms with E-state index in [1.165, 1.54) is 0 Å².